The quantitative estimate of drug-likeness (QED) is 0.670. The zero-order chi connectivity index (χ0) is 13.4. The van der Waals surface area contributed by atoms with Gasteiger partial charge in [0.2, 0.25) is 0 Å². The zero-order valence-corrected chi connectivity index (χ0v) is 11.4. The Bertz CT molecular complexity index is 356. The lowest BCUT2D eigenvalue weighted by Crippen LogP contribution is -2.23. The second kappa shape index (κ2) is 8.02. The Balaban J connectivity index is 2.12. The zero-order valence-electron chi connectivity index (χ0n) is 11.4. The first-order valence-electron chi connectivity index (χ1n) is 6.18. The van der Waals surface area contributed by atoms with Crippen LogP contribution in [0.5, 0.6) is 5.75 Å². The van der Waals surface area contributed by atoms with Crippen molar-refractivity contribution in [1.29, 1.82) is 0 Å². The number of ether oxygens (including phenoxy) is 1. The van der Waals surface area contributed by atoms with Crippen LogP contribution in [0.1, 0.15) is 11.4 Å². The molecular formula is C13H23N3O2. The van der Waals surface area contributed by atoms with Gasteiger partial charge >= 0.3 is 0 Å². The molecule has 0 saturated heterocycles. The molecule has 2 N–H and O–H groups in total. The summed E-state index contributed by atoms with van der Waals surface area (Å²) >= 11 is 0. The van der Waals surface area contributed by atoms with Crippen molar-refractivity contribution in [1.82, 2.24) is 15.2 Å². The first-order chi connectivity index (χ1) is 8.59. The third kappa shape index (κ3) is 5.95. The summed E-state index contributed by atoms with van der Waals surface area (Å²) in [5.41, 5.74) is 1.59. The SMILES string of the molecule is Cc1ccc(O)c(CNCCOCCN(C)C)n1. The summed E-state index contributed by atoms with van der Waals surface area (Å²) in [6.45, 7) is 5.56. The average molecular weight is 253 g/mol. The first kappa shape index (κ1) is 14.9. The Morgan fingerprint density at radius 1 is 1.33 bits per heavy atom. The molecule has 0 fully saturated rings. The summed E-state index contributed by atoms with van der Waals surface area (Å²) < 4.78 is 5.45. The van der Waals surface area contributed by atoms with E-state index in [9.17, 15) is 5.11 Å². The van der Waals surface area contributed by atoms with Gasteiger partial charge in [-0.05, 0) is 33.2 Å². The maximum atomic E-state index is 9.60. The van der Waals surface area contributed by atoms with E-state index in [1.807, 2.05) is 21.0 Å². The largest absolute Gasteiger partial charge is 0.506 e. The summed E-state index contributed by atoms with van der Waals surface area (Å²) in [6, 6.07) is 3.47. The van der Waals surface area contributed by atoms with E-state index in [1.54, 1.807) is 12.1 Å². The summed E-state index contributed by atoms with van der Waals surface area (Å²) in [5.74, 6) is 0.238. The summed E-state index contributed by atoms with van der Waals surface area (Å²) in [6.07, 6.45) is 0. The number of aryl methyl sites for hydroxylation is 1. The number of nitrogens with zero attached hydrogens (tertiary/aromatic N) is 2. The van der Waals surface area contributed by atoms with Crippen LogP contribution in [-0.2, 0) is 11.3 Å². The molecule has 0 radical (unpaired) electrons. The Labute approximate surface area is 109 Å². The molecule has 0 bridgehead atoms. The highest BCUT2D eigenvalue weighted by atomic mass is 16.5. The van der Waals surface area contributed by atoms with E-state index in [0.29, 0.717) is 18.8 Å². The lowest BCUT2D eigenvalue weighted by atomic mass is 10.3. The Kier molecular flexibility index (Phi) is 6.64. The molecular weight excluding hydrogens is 230 g/mol. The summed E-state index contributed by atoms with van der Waals surface area (Å²) in [7, 11) is 4.04. The van der Waals surface area contributed by atoms with E-state index in [1.165, 1.54) is 0 Å². The van der Waals surface area contributed by atoms with Gasteiger partial charge in [0, 0.05) is 25.3 Å². The normalized spacial score (nSPS) is 11.1. The van der Waals surface area contributed by atoms with Gasteiger partial charge < -0.3 is 20.1 Å². The van der Waals surface area contributed by atoms with E-state index in [4.69, 9.17) is 4.74 Å². The fourth-order valence-electron chi connectivity index (χ4n) is 1.43. The number of likely N-dealkylation sites (N-methyl/N-ethyl adjacent to an activating group) is 1. The van der Waals surface area contributed by atoms with Crippen LogP contribution in [0.4, 0.5) is 0 Å². The molecule has 18 heavy (non-hydrogen) atoms. The molecule has 102 valence electrons. The third-order valence-electron chi connectivity index (χ3n) is 2.49. The lowest BCUT2D eigenvalue weighted by Gasteiger charge is -2.10. The maximum Gasteiger partial charge on any atom is 0.138 e. The van der Waals surface area contributed by atoms with Gasteiger partial charge in [-0.25, -0.2) is 0 Å². The van der Waals surface area contributed by atoms with Gasteiger partial charge in [-0.15, -0.1) is 0 Å². The van der Waals surface area contributed by atoms with Crippen LogP contribution in [0.25, 0.3) is 0 Å². The molecule has 0 aliphatic rings. The summed E-state index contributed by atoms with van der Waals surface area (Å²) in [4.78, 5) is 6.36. The number of hydrogen-bond acceptors (Lipinski definition) is 5. The number of aromatic hydroxyl groups is 1. The van der Waals surface area contributed by atoms with Crippen LogP contribution in [0, 0.1) is 6.92 Å². The number of hydrogen-bond donors (Lipinski definition) is 2. The minimum Gasteiger partial charge on any atom is -0.506 e. The van der Waals surface area contributed by atoms with Crippen LogP contribution in [0.15, 0.2) is 12.1 Å². The van der Waals surface area contributed by atoms with Gasteiger partial charge in [0.05, 0.1) is 18.9 Å². The van der Waals surface area contributed by atoms with Gasteiger partial charge in [-0.3, -0.25) is 4.98 Å². The molecule has 1 aromatic heterocycles. The van der Waals surface area contributed by atoms with Crippen LogP contribution >= 0.6 is 0 Å². The van der Waals surface area contributed by atoms with Crippen molar-refractivity contribution in [3.05, 3.63) is 23.5 Å². The molecule has 1 aromatic rings. The Hall–Kier alpha value is -1.17. The summed E-state index contributed by atoms with van der Waals surface area (Å²) in [5, 5.41) is 12.8. The third-order valence-corrected chi connectivity index (χ3v) is 2.49. The predicted molar refractivity (Wildman–Crippen MR) is 71.7 cm³/mol. The van der Waals surface area contributed by atoms with Gasteiger partial charge in [0.25, 0.3) is 0 Å². The maximum absolute atomic E-state index is 9.60. The van der Waals surface area contributed by atoms with Crippen molar-refractivity contribution >= 4 is 0 Å². The molecule has 0 amide bonds. The van der Waals surface area contributed by atoms with Gasteiger partial charge in [-0.1, -0.05) is 0 Å². The van der Waals surface area contributed by atoms with Crippen molar-refractivity contribution in [2.45, 2.75) is 13.5 Å². The molecule has 0 saturated carbocycles. The molecule has 5 heteroatoms. The predicted octanol–water partition coefficient (Wildman–Crippen LogP) is 0.763. The van der Waals surface area contributed by atoms with E-state index in [0.717, 1.165) is 25.4 Å². The number of rotatable bonds is 8. The van der Waals surface area contributed by atoms with E-state index in [2.05, 4.69) is 15.2 Å². The highest BCUT2D eigenvalue weighted by Crippen LogP contribution is 2.13. The second-order valence-electron chi connectivity index (χ2n) is 4.51. The minimum atomic E-state index is 0.238. The van der Waals surface area contributed by atoms with Crippen LogP contribution in [0.2, 0.25) is 0 Å². The number of aromatic nitrogens is 1. The van der Waals surface area contributed by atoms with Gasteiger partial charge in [0.1, 0.15) is 5.75 Å². The molecule has 0 aliphatic carbocycles. The highest BCUT2D eigenvalue weighted by molar-refractivity contribution is 5.27. The van der Waals surface area contributed by atoms with Crippen LogP contribution in [-0.4, -0.2) is 55.4 Å². The van der Waals surface area contributed by atoms with Gasteiger partial charge in [-0.2, -0.15) is 0 Å². The molecule has 5 nitrogen and oxygen atoms in total. The van der Waals surface area contributed by atoms with E-state index in [-0.39, 0.29) is 5.75 Å². The molecule has 0 unspecified atom stereocenters. The molecule has 0 atom stereocenters. The minimum absolute atomic E-state index is 0.238. The van der Waals surface area contributed by atoms with Crippen molar-refractivity contribution in [2.75, 3.05) is 40.4 Å². The lowest BCUT2D eigenvalue weighted by molar-refractivity contribution is 0.119. The van der Waals surface area contributed by atoms with Crippen LogP contribution < -0.4 is 5.32 Å². The average Bonchev–Trinajstić information content (AvgIpc) is 2.32. The Morgan fingerprint density at radius 2 is 2.11 bits per heavy atom. The molecule has 1 rings (SSSR count). The molecule has 0 aliphatic heterocycles. The standard InChI is InChI=1S/C13H23N3O2/c1-11-4-5-13(17)12(15-11)10-14-6-8-18-9-7-16(2)3/h4-5,14,17H,6-10H2,1-3H3. The second-order valence-corrected chi connectivity index (χ2v) is 4.51. The molecule has 0 spiro atoms. The molecule has 1 heterocycles. The highest BCUT2D eigenvalue weighted by Gasteiger charge is 2.02. The molecule has 0 aromatic carbocycles. The monoisotopic (exact) mass is 253 g/mol. The topological polar surface area (TPSA) is 57.6 Å². The van der Waals surface area contributed by atoms with Crippen molar-refractivity contribution in [3.63, 3.8) is 0 Å². The fraction of sp³-hybridized carbons (Fsp3) is 0.615. The van der Waals surface area contributed by atoms with Gasteiger partial charge in [0.15, 0.2) is 0 Å². The smallest absolute Gasteiger partial charge is 0.138 e. The van der Waals surface area contributed by atoms with E-state index >= 15 is 0 Å². The fourth-order valence-corrected chi connectivity index (χ4v) is 1.43. The van der Waals surface area contributed by atoms with Crippen LogP contribution in [0.3, 0.4) is 0 Å². The Morgan fingerprint density at radius 3 is 2.83 bits per heavy atom. The number of nitrogens with one attached hydrogen (secondary N) is 1. The van der Waals surface area contributed by atoms with Crippen molar-refractivity contribution in [3.8, 4) is 5.75 Å². The first-order valence-corrected chi connectivity index (χ1v) is 6.18. The van der Waals surface area contributed by atoms with Crippen molar-refractivity contribution in [2.24, 2.45) is 0 Å². The van der Waals surface area contributed by atoms with Crippen molar-refractivity contribution < 1.29 is 9.84 Å². The van der Waals surface area contributed by atoms with E-state index < -0.39 is 0 Å². The number of pyridine rings is 1.